The van der Waals surface area contributed by atoms with Crippen molar-refractivity contribution in [2.75, 3.05) is 20.3 Å². The van der Waals surface area contributed by atoms with Crippen LogP contribution in [-0.2, 0) is 23.7 Å². The van der Waals surface area contributed by atoms with Crippen LogP contribution in [0.3, 0.4) is 0 Å². The minimum Gasteiger partial charge on any atom is -0.458 e. The lowest BCUT2D eigenvalue weighted by atomic mass is 9.41. The van der Waals surface area contributed by atoms with Crippen LogP contribution < -0.4 is 0 Å². The molecular weight excluding hydrogens is 504 g/mol. The van der Waals surface area contributed by atoms with E-state index < -0.39 is 35.1 Å². The fraction of sp³-hybridized carbons (Fsp3) is 0.900. The molecular formula is C30H46O9. The first-order valence-corrected chi connectivity index (χ1v) is 14.9. The van der Waals surface area contributed by atoms with E-state index in [0.717, 1.165) is 24.8 Å². The average molecular weight is 551 g/mol. The van der Waals surface area contributed by atoms with E-state index in [9.17, 15) is 25.2 Å². The number of aliphatic hydroxyl groups excluding tert-OH is 2. The van der Waals surface area contributed by atoms with Crippen molar-refractivity contribution < 1.29 is 44.2 Å². The van der Waals surface area contributed by atoms with E-state index in [2.05, 4.69) is 6.92 Å². The molecule has 0 amide bonds. The molecule has 2 heterocycles. The summed E-state index contributed by atoms with van der Waals surface area (Å²) in [6, 6.07) is 0. The molecule has 4 saturated carbocycles. The average Bonchev–Trinajstić information content (AvgIpc) is 3.45. The largest absolute Gasteiger partial charge is 0.458 e. The Morgan fingerprint density at radius 3 is 2.54 bits per heavy atom. The highest BCUT2D eigenvalue weighted by atomic mass is 16.7. The summed E-state index contributed by atoms with van der Waals surface area (Å²) in [5.74, 6) is -0.192. The van der Waals surface area contributed by atoms with Crippen LogP contribution >= 0.6 is 0 Å². The van der Waals surface area contributed by atoms with E-state index in [1.165, 1.54) is 0 Å². The van der Waals surface area contributed by atoms with Gasteiger partial charge in [0.05, 0.1) is 36.1 Å². The summed E-state index contributed by atoms with van der Waals surface area (Å²) in [7, 11) is 1.58. The van der Waals surface area contributed by atoms with Gasteiger partial charge in [-0.05, 0) is 81.6 Å². The van der Waals surface area contributed by atoms with Gasteiger partial charge >= 0.3 is 5.97 Å². The second-order valence-electron chi connectivity index (χ2n) is 13.7. The Labute approximate surface area is 230 Å². The van der Waals surface area contributed by atoms with E-state index in [0.29, 0.717) is 51.6 Å². The molecule has 2 aliphatic heterocycles. The summed E-state index contributed by atoms with van der Waals surface area (Å²) < 4.78 is 23.0. The van der Waals surface area contributed by atoms with Crippen molar-refractivity contribution in [1.29, 1.82) is 0 Å². The molecule has 0 aromatic carbocycles. The van der Waals surface area contributed by atoms with Gasteiger partial charge in [0.1, 0.15) is 12.7 Å². The molecule has 9 nitrogen and oxygen atoms in total. The number of carbonyl (C=O) groups excluding carboxylic acids is 1. The molecule has 12 atom stereocenters. The number of esters is 1. The van der Waals surface area contributed by atoms with E-state index in [1.807, 2.05) is 6.92 Å². The summed E-state index contributed by atoms with van der Waals surface area (Å²) >= 11 is 0. The SMILES string of the molecule is CO[C@H]1CC(O[C@H]2CC[C@]3(CO)C4CC[C@]5(C)[C@@H](C6=CC(=O)OC6)CC[C@]5(O)C4CC[C@]3(O)C2)O[C@H](C)[C@H]1O. The van der Waals surface area contributed by atoms with Crippen LogP contribution in [0.25, 0.3) is 0 Å². The summed E-state index contributed by atoms with van der Waals surface area (Å²) in [6.45, 7) is 4.19. The standard InChI is InChI=1S/C30H46O9/c1-17-26(33)23(36-3)13-25(38-17)39-19-4-9-28(16-31)21-5-8-27(2)20(18-12-24(32)37-15-18)7-11-30(27,35)22(21)6-10-29(28,34)14-19/h12,17,19-23,25-26,31,33-35H,4-11,13-16H2,1-3H3/t17-,19+,20-,21?,22?,23+,25?,26-,27-,28+,29+,30+/m1/s1. The number of ether oxygens (including phenoxy) is 4. The molecule has 39 heavy (non-hydrogen) atoms. The zero-order valence-electron chi connectivity index (χ0n) is 23.5. The van der Waals surface area contributed by atoms with Gasteiger partial charge in [0.2, 0.25) is 0 Å². The fourth-order valence-electron chi connectivity index (χ4n) is 10.2. The molecule has 0 bridgehead atoms. The maximum absolute atomic E-state index is 12.4. The maximum Gasteiger partial charge on any atom is 0.331 e. The molecule has 4 N–H and O–H groups in total. The Kier molecular flexibility index (Phi) is 7.02. The molecule has 5 fully saturated rings. The summed E-state index contributed by atoms with van der Waals surface area (Å²) in [5.41, 5.74) is -2.06. The zero-order chi connectivity index (χ0) is 27.8. The topological polar surface area (TPSA) is 135 Å². The predicted molar refractivity (Wildman–Crippen MR) is 139 cm³/mol. The number of hydrogen-bond donors (Lipinski definition) is 4. The van der Waals surface area contributed by atoms with E-state index in [-0.39, 0.29) is 48.0 Å². The number of rotatable bonds is 5. The van der Waals surface area contributed by atoms with Gasteiger partial charge < -0.3 is 39.4 Å². The Morgan fingerprint density at radius 1 is 1.08 bits per heavy atom. The first-order chi connectivity index (χ1) is 18.5. The minimum atomic E-state index is -1.09. The molecule has 6 aliphatic rings. The van der Waals surface area contributed by atoms with Crippen LogP contribution in [0.4, 0.5) is 0 Å². The van der Waals surface area contributed by atoms with Crippen molar-refractivity contribution in [2.45, 2.75) is 120 Å². The number of fused-ring (bicyclic) bond motifs is 5. The number of carbonyl (C=O) groups is 1. The third-order valence-electron chi connectivity index (χ3n) is 12.3. The lowest BCUT2D eigenvalue weighted by Gasteiger charge is -2.66. The van der Waals surface area contributed by atoms with Crippen LogP contribution in [0, 0.1) is 28.6 Å². The zero-order valence-corrected chi connectivity index (χ0v) is 23.5. The highest BCUT2D eigenvalue weighted by Crippen LogP contribution is 2.70. The van der Waals surface area contributed by atoms with Crippen LogP contribution in [0.2, 0.25) is 0 Å². The second-order valence-corrected chi connectivity index (χ2v) is 13.7. The maximum atomic E-state index is 12.4. The molecule has 0 aromatic heterocycles. The Hall–Kier alpha value is -1.07. The van der Waals surface area contributed by atoms with Crippen LogP contribution in [-0.4, -0.2) is 88.6 Å². The molecule has 9 heteroatoms. The summed E-state index contributed by atoms with van der Waals surface area (Å²) in [4.78, 5) is 11.8. The molecule has 3 unspecified atom stereocenters. The molecule has 0 spiro atoms. The van der Waals surface area contributed by atoms with Crippen molar-refractivity contribution in [3.8, 4) is 0 Å². The number of cyclic esters (lactones) is 1. The minimum absolute atomic E-state index is 0.00781. The second kappa shape index (κ2) is 9.75. The summed E-state index contributed by atoms with van der Waals surface area (Å²) in [5, 5.41) is 45.9. The number of hydrogen-bond acceptors (Lipinski definition) is 9. The Morgan fingerprint density at radius 2 is 1.85 bits per heavy atom. The van der Waals surface area contributed by atoms with Crippen LogP contribution in [0.5, 0.6) is 0 Å². The van der Waals surface area contributed by atoms with Crippen LogP contribution in [0.15, 0.2) is 11.6 Å². The molecule has 0 radical (unpaired) electrons. The molecule has 4 aliphatic carbocycles. The van der Waals surface area contributed by atoms with E-state index >= 15 is 0 Å². The lowest BCUT2D eigenvalue weighted by Crippen LogP contribution is -2.69. The van der Waals surface area contributed by atoms with E-state index in [1.54, 1.807) is 13.2 Å². The van der Waals surface area contributed by atoms with Crippen molar-refractivity contribution in [3.63, 3.8) is 0 Å². The third kappa shape index (κ3) is 4.02. The van der Waals surface area contributed by atoms with Gasteiger partial charge in [-0.3, -0.25) is 0 Å². The smallest absolute Gasteiger partial charge is 0.331 e. The molecule has 0 aromatic rings. The third-order valence-corrected chi connectivity index (χ3v) is 12.3. The van der Waals surface area contributed by atoms with Gasteiger partial charge in [0.15, 0.2) is 6.29 Å². The normalized spacial score (nSPS) is 53.4. The number of methoxy groups -OCH3 is 1. The Bertz CT molecular complexity index is 1000. The van der Waals surface area contributed by atoms with Gasteiger partial charge in [0, 0.05) is 36.9 Å². The van der Waals surface area contributed by atoms with Gasteiger partial charge in [-0.15, -0.1) is 0 Å². The lowest BCUT2D eigenvalue weighted by molar-refractivity contribution is -0.298. The monoisotopic (exact) mass is 550 g/mol. The van der Waals surface area contributed by atoms with Gasteiger partial charge in [0.25, 0.3) is 0 Å². The Balaban J connectivity index is 1.20. The highest BCUT2D eigenvalue weighted by molar-refractivity contribution is 5.85. The van der Waals surface area contributed by atoms with Gasteiger partial charge in [-0.25, -0.2) is 4.79 Å². The molecule has 220 valence electrons. The van der Waals surface area contributed by atoms with Crippen molar-refractivity contribution >= 4 is 5.97 Å². The summed E-state index contributed by atoms with van der Waals surface area (Å²) in [6.07, 6.45) is 5.82. The quantitative estimate of drug-likeness (QED) is 0.300. The van der Waals surface area contributed by atoms with Crippen molar-refractivity contribution in [1.82, 2.24) is 0 Å². The van der Waals surface area contributed by atoms with Crippen molar-refractivity contribution in [3.05, 3.63) is 11.6 Å². The fourth-order valence-corrected chi connectivity index (χ4v) is 10.2. The van der Waals surface area contributed by atoms with Crippen LogP contribution in [0.1, 0.15) is 78.1 Å². The molecule has 1 saturated heterocycles. The number of aliphatic hydroxyl groups is 4. The van der Waals surface area contributed by atoms with Gasteiger partial charge in [-0.1, -0.05) is 6.92 Å². The molecule has 6 rings (SSSR count). The van der Waals surface area contributed by atoms with Gasteiger partial charge in [-0.2, -0.15) is 0 Å². The first-order valence-electron chi connectivity index (χ1n) is 14.9. The van der Waals surface area contributed by atoms with E-state index in [4.69, 9.17) is 18.9 Å². The first kappa shape index (κ1) is 28.1. The van der Waals surface area contributed by atoms with Crippen molar-refractivity contribution in [2.24, 2.45) is 28.6 Å². The predicted octanol–water partition coefficient (Wildman–Crippen LogP) is 2.23. The highest BCUT2D eigenvalue weighted by Gasteiger charge is 2.71.